The lowest BCUT2D eigenvalue weighted by atomic mass is 9.85. The average Bonchev–Trinajstić information content (AvgIpc) is 2.69. The van der Waals surface area contributed by atoms with E-state index in [-0.39, 0.29) is 11.8 Å². The molecular formula is C23H30N2O. The van der Waals surface area contributed by atoms with Gasteiger partial charge < -0.3 is 0 Å². The Morgan fingerprint density at radius 2 is 1.77 bits per heavy atom. The van der Waals surface area contributed by atoms with Crippen LogP contribution in [0, 0.1) is 5.92 Å². The summed E-state index contributed by atoms with van der Waals surface area (Å²) < 4.78 is 0. The molecule has 1 heterocycles. The van der Waals surface area contributed by atoms with E-state index in [1.165, 1.54) is 12.0 Å². The Hall–Kier alpha value is -2.13. The molecule has 2 aromatic carbocycles. The number of amides is 1. The van der Waals surface area contributed by atoms with Gasteiger partial charge in [0.1, 0.15) is 0 Å². The summed E-state index contributed by atoms with van der Waals surface area (Å²) in [6.07, 6.45) is 3.28. The van der Waals surface area contributed by atoms with Gasteiger partial charge in [0.25, 0.3) is 0 Å². The SMILES string of the molecule is CCC(C)C(C(=O)NN1CCCC(c2ccccc2)C1)c1ccccc1. The van der Waals surface area contributed by atoms with Gasteiger partial charge in [-0.1, -0.05) is 80.9 Å². The standard InChI is InChI=1S/C23H30N2O/c1-3-18(2)22(20-13-8-5-9-14-20)23(26)24-25-16-10-15-21(17-25)19-11-6-4-7-12-19/h4-9,11-14,18,21-22H,3,10,15-17H2,1-2H3,(H,24,26). The molecule has 3 heteroatoms. The molecule has 2 aromatic rings. The summed E-state index contributed by atoms with van der Waals surface area (Å²) in [5.41, 5.74) is 5.70. The summed E-state index contributed by atoms with van der Waals surface area (Å²) in [5, 5.41) is 2.13. The van der Waals surface area contributed by atoms with Crippen molar-refractivity contribution >= 4 is 5.91 Å². The number of benzene rings is 2. The largest absolute Gasteiger partial charge is 0.288 e. The molecule has 3 rings (SSSR count). The van der Waals surface area contributed by atoms with E-state index in [1.807, 2.05) is 18.2 Å². The second-order valence-electron chi connectivity index (χ2n) is 7.45. The molecule has 0 spiro atoms. The molecule has 3 atom stereocenters. The monoisotopic (exact) mass is 350 g/mol. The molecule has 0 saturated carbocycles. The summed E-state index contributed by atoms with van der Waals surface area (Å²) in [4.78, 5) is 13.1. The Labute approximate surface area is 157 Å². The number of rotatable bonds is 6. The molecule has 138 valence electrons. The van der Waals surface area contributed by atoms with E-state index < -0.39 is 0 Å². The van der Waals surface area contributed by atoms with E-state index in [2.05, 4.69) is 66.7 Å². The van der Waals surface area contributed by atoms with Crippen molar-refractivity contribution in [2.45, 2.75) is 44.9 Å². The van der Waals surface area contributed by atoms with Crippen LogP contribution in [0.4, 0.5) is 0 Å². The smallest absolute Gasteiger partial charge is 0.242 e. The van der Waals surface area contributed by atoms with Crippen molar-refractivity contribution in [3.05, 3.63) is 71.8 Å². The molecule has 0 aromatic heterocycles. The number of hydrazine groups is 1. The highest BCUT2D eigenvalue weighted by Crippen LogP contribution is 2.29. The summed E-state index contributed by atoms with van der Waals surface area (Å²) >= 11 is 0. The lowest BCUT2D eigenvalue weighted by Crippen LogP contribution is -2.49. The third-order valence-electron chi connectivity index (χ3n) is 5.61. The molecule has 0 aliphatic carbocycles. The molecule has 1 aliphatic heterocycles. The number of carbonyl (C=O) groups is 1. The summed E-state index contributed by atoms with van der Waals surface area (Å²) in [6.45, 7) is 6.13. The maximum Gasteiger partial charge on any atom is 0.242 e. The Bertz CT molecular complexity index is 686. The summed E-state index contributed by atoms with van der Waals surface area (Å²) in [7, 11) is 0. The van der Waals surface area contributed by atoms with Gasteiger partial charge in [-0.15, -0.1) is 0 Å². The van der Waals surface area contributed by atoms with E-state index in [0.717, 1.165) is 31.5 Å². The highest BCUT2D eigenvalue weighted by Gasteiger charge is 2.29. The van der Waals surface area contributed by atoms with E-state index in [4.69, 9.17) is 0 Å². The maximum absolute atomic E-state index is 13.1. The van der Waals surface area contributed by atoms with Crippen molar-refractivity contribution in [1.82, 2.24) is 10.4 Å². The van der Waals surface area contributed by atoms with Gasteiger partial charge in [0.2, 0.25) is 5.91 Å². The molecule has 0 bridgehead atoms. The Kier molecular flexibility index (Phi) is 6.45. The molecular weight excluding hydrogens is 320 g/mol. The molecule has 1 aliphatic rings. The number of piperidine rings is 1. The van der Waals surface area contributed by atoms with E-state index in [9.17, 15) is 4.79 Å². The summed E-state index contributed by atoms with van der Waals surface area (Å²) in [5.74, 6) is 0.827. The fraction of sp³-hybridized carbons (Fsp3) is 0.435. The van der Waals surface area contributed by atoms with Crippen molar-refractivity contribution in [1.29, 1.82) is 0 Å². The van der Waals surface area contributed by atoms with Gasteiger partial charge in [-0.3, -0.25) is 10.2 Å². The third kappa shape index (κ3) is 4.53. The number of nitrogens with zero attached hydrogens (tertiary/aromatic N) is 1. The van der Waals surface area contributed by atoms with Crippen molar-refractivity contribution in [3.8, 4) is 0 Å². The van der Waals surface area contributed by atoms with Crippen LogP contribution in [-0.4, -0.2) is 24.0 Å². The lowest BCUT2D eigenvalue weighted by Gasteiger charge is -2.34. The van der Waals surface area contributed by atoms with Gasteiger partial charge in [0, 0.05) is 13.1 Å². The van der Waals surface area contributed by atoms with E-state index in [0.29, 0.717) is 11.8 Å². The van der Waals surface area contributed by atoms with Gasteiger partial charge in [-0.25, -0.2) is 5.01 Å². The number of carbonyl (C=O) groups excluding carboxylic acids is 1. The Balaban J connectivity index is 1.69. The van der Waals surface area contributed by atoms with Crippen LogP contribution in [0.1, 0.15) is 56.1 Å². The van der Waals surface area contributed by atoms with Gasteiger partial charge in [0.15, 0.2) is 0 Å². The second kappa shape index (κ2) is 9.00. The first-order valence-electron chi connectivity index (χ1n) is 9.84. The average molecular weight is 351 g/mol. The first-order chi connectivity index (χ1) is 12.7. The van der Waals surface area contributed by atoms with Crippen molar-refractivity contribution < 1.29 is 4.79 Å². The predicted molar refractivity (Wildman–Crippen MR) is 107 cm³/mol. The number of hydrogen-bond donors (Lipinski definition) is 1. The van der Waals surface area contributed by atoms with Crippen LogP contribution in [0.25, 0.3) is 0 Å². The van der Waals surface area contributed by atoms with E-state index in [1.54, 1.807) is 0 Å². The fourth-order valence-electron chi connectivity index (χ4n) is 3.94. The van der Waals surface area contributed by atoms with Crippen LogP contribution in [0.3, 0.4) is 0 Å². The van der Waals surface area contributed by atoms with E-state index >= 15 is 0 Å². The van der Waals surface area contributed by atoms with Crippen LogP contribution < -0.4 is 5.43 Å². The Morgan fingerprint density at radius 1 is 1.12 bits per heavy atom. The van der Waals surface area contributed by atoms with Gasteiger partial charge in [0.05, 0.1) is 5.92 Å². The van der Waals surface area contributed by atoms with Crippen molar-refractivity contribution in [2.75, 3.05) is 13.1 Å². The highest BCUT2D eigenvalue weighted by atomic mass is 16.2. The first kappa shape index (κ1) is 18.7. The molecule has 0 radical (unpaired) electrons. The quantitative estimate of drug-likeness (QED) is 0.817. The summed E-state index contributed by atoms with van der Waals surface area (Å²) in [6, 6.07) is 20.8. The van der Waals surface area contributed by atoms with Crippen LogP contribution in [0.2, 0.25) is 0 Å². The van der Waals surface area contributed by atoms with Crippen LogP contribution >= 0.6 is 0 Å². The second-order valence-corrected chi connectivity index (χ2v) is 7.45. The molecule has 1 N–H and O–H groups in total. The Morgan fingerprint density at radius 3 is 2.42 bits per heavy atom. The minimum absolute atomic E-state index is 0.0988. The van der Waals surface area contributed by atoms with Gasteiger partial charge in [-0.05, 0) is 35.8 Å². The topological polar surface area (TPSA) is 32.3 Å². The zero-order valence-corrected chi connectivity index (χ0v) is 15.9. The minimum atomic E-state index is -0.0988. The predicted octanol–water partition coefficient (Wildman–Crippen LogP) is 4.73. The zero-order valence-electron chi connectivity index (χ0n) is 15.9. The molecule has 1 amide bonds. The highest BCUT2D eigenvalue weighted by molar-refractivity contribution is 5.83. The molecule has 1 saturated heterocycles. The lowest BCUT2D eigenvalue weighted by molar-refractivity contribution is -0.129. The fourth-order valence-corrected chi connectivity index (χ4v) is 3.94. The number of nitrogens with one attached hydrogen (secondary N) is 1. The number of hydrogen-bond acceptors (Lipinski definition) is 2. The molecule has 26 heavy (non-hydrogen) atoms. The van der Waals surface area contributed by atoms with Gasteiger partial charge in [-0.2, -0.15) is 0 Å². The van der Waals surface area contributed by atoms with Crippen molar-refractivity contribution in [3.63, 3.8) is 0 Å². The van der Waals surface area contributed by atoms with Crippen LogP contribution in [0.5, 0.6) is 0 Å². The minimum Gasteiger partial charge on any atom is -0.288 e. The zero-order chi connectivity index (χ0) is 18.4. The molecule has 3 unspecified atom stereocenters. The van der Waals surface area contributed by atoms with Crippen molar-refractivity contribution in [2.24, 2.45) is 5.92 Å². The first-order valence-corrected chi connectivity index (χ1v) is 9.84. The molecule has 1 fully saturated rings. The van der Waals surface area contributed by atoms with Gasteiger partial charge >= 0.3 is 0 Å². The van der Waals surface area contributed by atoms with Crippen LogP contribution in [0.15, 0.2) is 60.7 Å². The van der Waals surface area contributed by atoms with Crippen LogP contribution in [-0.2, 0) is 4.79 Å². The normalized spacial score (nSPS) is 20.3. The molecule has 3 nitrogen and oxygen atoms in total. The maximum atomic E-state index is 13.1. The third-order valence-corrected chi connectivity index (χ3v) is 5.61.